The number of ether oxygens (including phenoxy) is 5. The van der Waals surface area contributed by atoms with Crippen molar-refractivity contribution in [1.29, 1.82) is 0 Å². The lowest BCUT2D eigenvalue weighted by Crippen LogP contribution is -2.53. The monoisotopic (exact) mass is 501 g/mol. The minimum absolute atomic E-state index is 0.00133. The molecule has 1 rings (SSSR count). The van der Waals surface area contributed by atoms with Crippen molar-refractivity contribution in [2.45, 2.75) is 51.9 Å². The van der Waals surface area contributed by atoms with Crippen molar-refractivity contribution in [2.24, 2.45) is 5.92 Å². The van der Waals surface area contributed by atoms with E-state index < -0.39 is 42.0 Å². The van der Waals surface area contributed by atoms with Crippen LogP contribution in [0, 0.1) is 5.92 Å². The van der Waals surface area contributed by atoms with Gasteiger partial charge < -0.3 is 28.8 Å². The van der Waals surface area contributed by atoms with Crippen LogP contribution < -0.4 is 0 Å². The van der Waals surface area contributed by atoms with Crippen LogP contribution in [0.1, 0.15) is 33.6 Å². The fourth-order valence-electron chi connectivity index (χ4n) is 3.21. The molecule has 0 bridgehead atoms. The Bertz CT molecular complexity index is 765. The van der Waals surface area contributed by atoms with Gasteiger partial charge >= 0.3 is 12.1 Å². The second kappa shape index (κ2) is 16.1. The molecule has 0 aromatic rings. The molecule has 1 aliphatic rings. The zero-order chi connectivity index (χ0) is 26.4. The lowest BCUT2D eigenvalue weighted by Gasteiger charge is -2.29. The van der Waals surface area contributed by atoms with E-state index in [1.165, 1.54) is 0 Å². The highest BCUT2D eigenvalue weighted by atomic mass is 16.6. The maximum Gasteiger partial charge on any atom is 0.417 e. The van der Waals surface area contributed by atoms with Crippen LogP contribution in [0.15, 0.2) is 12.2 Å². The molecule has 0 spiro atoms. The first-order valence-electron chi connectivity index (χ1n) is 11.3. The molecule has 3 unspecified atom stereocenters. The van der Waals surface area contributed by atoms with Gasteiger partial charge in [0.05, 0.1) is 32.5 Å². The molecular weight excluding hydrogens is 466 g/mol. The first-order chi connectivity index (χ1) is 16.6. The Balaban J connectivity index is 2.75. The molecule has 198 valence electrons. The maximum absolute atomic E-state index is 13.1. The molecule has 0 aromatic heterocycles. The zero-order valence-corrected chi connectivity index (χ0v) is 20.6. The van der Waals surface area contributed by atoms with Gasteiger partial charge in [0.25, 0.3) is 5.91 Å². The van der Waals surface area contributed by atoms with Gasteiger partial charge in [-0.05, 0) is 24.5 Å². The van der Waals surface area contributed by atoms with E-state index >= 15 is 0 Å². The minimum atomic E-state index is -1.70. The first-order valence-corrected chi connectivity index (χ1v) is 11.3. The summed E-state index contributed by atoms with van der Waals surface area (Å²) >= 11 is 0. The highest BCUT2D eigenvalue weighted by Crippen LogP contribution is 2.23. The van der Waals surface area contributed by atoms with Crippen molar-refractivity contribution in [3.8, 4) is 0 Å². The van der Waals surface area contributed by atoms with E-state index in [0.717, 1.165) is 31.1 Å². The van der Waals surface area contributed by atoms with Crippen molar-refractivity contribution < 1.29 is 52.8 Å². The summed E-state index contributed by atoms with van der Waals surface area (Å²) in [6.45, 7) is 5.76. The quantitative estimate of drug-likeness (QED) is 0.168. The summed E-state index contributed by atoms with van der Waals surface area (Å²) in [5.41, 5.74) is 0. The van der Waals surface area contributed by atoms with E-state index in [2.05, 4.69) is 0 Å². The first kappa shape index (κ1) is 30.4. The van der Waals surface area contributed by atoms with Gasteiger partial charge in [-0.1, -0.05) is 13.8 Å². The molecule has 0 saturated carbocycles. The highest BCUT2D eigenvalue weighted by molar-refractivity contribution is 6.05. The highest BCUT2D eigenvalue weighted by Gasteiger charge is 2.46. The number of carbonyl (C=O) groups is 5. The summed E-state index contributed by atoms with van der Waals surface area (Å²) in [5, 5.41) is 8.59. The third kappa shape index (κ3) is 10.2. The van der Waals surface area contributed by atoms with Crippen molar-refractivity contribution in [2.75, 3.05) is 46.8 Å². The minimum Gasteiger partial charge on any atom is -0.451 e. The molecule has 0 aliphatic carbocycles. The third-order valence-electron chi connectivity index (χ3n) is 5.01. The standard InChI is InChI=1S/C23H35NO11/c1-15(2)18-14-34-23(30)24(18)22(29)21(31-4)20(35-16(3)26)19(28)8-7-17(27)6-5-10-32-12-13-33-11-9-25/h7-8,15,18,20-21,25H,5-6,9-14H2,1-4H3. The number of amides is 2. The number of methoxy groups -OCH3 is 1. The van der Waals surface area contributed by atoms with E-state index in [1.807, 2.05) is 0 Å². The van der Waals surface area contributed by atoms with Crippen LogP contribution in [0.25, 0.3) is 0 Å². The summed E-state index contributed by atoms with van der Waals surface area (Å²) in [6, 6.07) is -0.568. The molecule has 1 fully saturated rings. The van der Waals surface area contributed by atoms with E-state index in [1.54, 1.807) is 13.8 Å². The fourth-order valence-corrected chi connectivity index (χ4v) is 3.21. The average molecular weight is 502 g/mol. The lowest BCUT2D eigenvalue weighted by molar-refractivity contribution is -0.166. The van der Waals surface area contributed by atoms with Crippen molar-refractivity contribution >= 4 is 29.5 Å². The second-order valence-electron chi connectivity index (χ2n) is 8.04. The summed E-state index contributed by atoms with van der Waals surface area (Å²) in [6.07, 6.45) is -1.74. The second-order valence-corrected chi connectivity index (χ2v) is 8.04. The number of allylic oxidation sites excluding steroid dienone is 1. The summed E-state index contributed by atoms with van der Waals surface area (Å²) in [5.74, 6) is -3.07. The Morgan fingerprint density at radius 3 is 2.31 bits per heavy atom. The Kier molecular flexibility index (Phi) is 14.0. The number of esters is 1. The largest absolute Gasteiger partial charge is 0.451 e. The van der Waals surface area contributed by atoms with Crippen LogP contribution in [0.3, 0.4) is 0 Å². The number of nitrogens with zero attached hydrogens (tertiary/aromatic N) is 1. The van der Waals surface area contributed by atoms with Crippen molar-refractivity contribution in [3.05, 3.63) is 12.2 Å². The molecule has 12 heteroatoms. The third-order valence-corrected chi connectivity index (χ3v) is 5.01. The molecular formula is C23H35NO11. The van der Waals surface area contributed by atoms with Crippen LogP contribution in [0.2, 0.25) is 0 Å². The van der Waals surface area contributed by atoms with Crippen LogP contribution in [-0.2, 0) is 42.9 Å². The molecule has 0 aromatic carbocycles. The molecule has 2 amide bonds. The smallest absolute Gasteiger partial charge is 0.417 e. The fraction of sp³-hybridized carbons (Fsp3) is 0.696. The topological polar surface area (TPSA) is 155 Å². The average Bonchev–Trinajstić information content (AvgIpc) is 3.20. The molecule has 35 heavy (non-hydrogen) atoms. The van der Waals surface area contributed by atoms with Crippen LogP contribution in [0.4, 0.5) is 4.79 Å². The van der Waals surface area contributed by atoms with Gasteiger partial charge in [-0.2, -0.15) is 0 Å². The van der Waals surface area contributed by atoms with Gasteiger partial charge in [-0.15, -0.1) is 0 Å². The lowest BCUT2D eigenvalue weighted by atomic mass is 10.0. The van der Waals surface area contributed by atoms with Crippen molar-refractivity contribution in [1.82, 2.24) is 4.90 Å². The Hall–Kier alpha value is -2.67. The van der Waals surface area contributed by atoms with E-state index in [0.29, 0.717) is 26.2 Å². The summed E-state index contributed by atoms with van der Waals surface area (Å²) in [7, 11) is 1.14. The van der Waals surface area contributed by atoms with Crippen molar-refractivity contribution in [3.63, 3.8) is 0 Å². The number of hydrogen-bond acceptors (Lipinski definition) is 11. The van der Waals surface area contributed by atoms with Gasteiger partial charge in [0.15, 0.2) is 23.8 Å². The van der Waals surface area contributed by atoms with Gasteiger partial charge in [0.2, 0.25) is 0 Å². The molecule has 3 atom stereocenters. The molecule has 0 radical (unpaired) electrons. The number of hydrogen-bond donors (Lipinski definition) is 1. The molecule has 1 aliphatic heterocycles. The molecule has 1 saturated heterocycles. The zero-order valence-electron chi connectivity index (χ0n) is 20.6. The van der Waals surface area contributed by atoms with Gasteiger partial charge in [0, 0.05) is 27.1 Å². The molecule has 1 N–H and O–H groups in total. The summed E-state index contributed by atoms with van der Waals surface area (Å²) in [4.78, 5) is 62.6. The number of aliphatic hydroxyl groups excluding tert-OH is 1. The maximum atomic E-state index is 13.1. The number of rotatable bonds is 17. The van der Waals surface area contributed by atoms with Crippen LogP contribution in [-0.4, -0.2) is 105 Å². The van der Waals surface area contributed by atoms with E-state index in [4.69, 9.17) is 28.8 Å². The predicted molar refractivity (Wildman–Crippen MR) is 120 cm³/mol. The summed E-state index contributed by atoms with van der Waals surface area (Å²) < 4.78 is 25.5. The number of cyclic esters (lactones) is 1. The van der Waals surface area contributed by atoms with Gasteiger partial charge in [-0.25, -0.2) is 9.69 Å². The van der Waals surface area contributed by atoms with E-state index in [9.17, 15) is 24.0 Å². The number of ketones is 2. The number of imide groups is 1. The molecule has 12 nitrogen and oxygen atoms in total. The normalized spacial score (nSPS) is 17.5. The SMILES string of the molecule is COC(C(=O)N1C(=O)OCC1C(C)C)C(OC(C)=O)C(=O)C=CC(=O)CCCOCCOCCO. The van der Waals surface area contributed by atoms with Gasteiger partial charge in [0.1, 0.15) is 6.61 Å². The van der Waals surface area contributed by atoms with Crippen LogP contribution >= 0.6 is 0 Å². The Morgan fingerprint density at radius 2 is 1.74 bits per heavy atom. The van der Waals surface area contributed by atoms with E-state index in [-0.39, 0.29) is 37.9 Å². The van der Waals surface area contributed by atoms with Gasteiger partial charge in [-0.3, -0.25) is 19.2 Å². The number of carbonyl (C=O) groups excluding carboxylic acids is 5. The molecule has 1 heterocycles. The Morgan fingerprint density at radius 1 is 1.09 bits per heavy atom. The van der Waals surface area contributed by atoms with Crippen LogP contribution in [0.5, 0.6) is 0 Å². The Labute approximate surface area is 204 Å². The predicted octanol–water partition coefficient (Wildman–Crippen LogP) is 0.437. The number of aliphatic hydroxyl groups is 1.